The first-order valence-corrected chi connectivity index (χ1v) is 5.36. The number of H-pyrrole nitrogens is 1. The second-order valence-corrected chi connectivity index (χ2v) is 3.94. The van der Waals surface area contributed by atoms with Gasteiger partial charge in [-0.1, -0.05) is 0 Å². The van der Waals surface area contributed by atoms with Gasteiger partial charge < -0.3 is 10.1 Å². The van der Waals surface area contributed by atoms with Crippen LogP contribution in [0.4, 0.5) is 0 Å². The van der Waals surface area contributed by atoms with E-state index in [1.165, 1.54) is 6.20 Å². The van der Waals surface area contributed by atoms with Crippen LogP contribution in [0.25, 0.3) is 22.3 Å². The molecular formula is C12H10N4O2. The maximum atomic E-state index is 11.2. The average molecular weight is 242 g/mol. The van der Waals surface area contributed by atoms with Crippen molar-refractivity contribution in [3.63, 3.8) is 0 Å². The molecule has 0 aliphatic carbocycles. The Balaban J connectivity index is 2.33. The van der Waals surface area contributed by atoms with Crippen molar-refractivity contribution in [3.05, 3.63) is 36.3 Å². The number of rotatable bonds is 2. The van der Waals surface area contributed by atoms with Crippen molar-refractivity contribution in [1.29, 1.82) is 0 Å². The summed E-state index contributed by atoms with van der Waals surface area (Å²) in [5, 5.41) is 14.1. The Morgan fingerprint density at radius 1 is 1.50 bits per heavy atom. The molecule has 0 bridgehead atoms. The zero-order valence-corrected chi connectivity index (χ0v) is 9.58. The summed E-state index contributed by atoms with van der Waals surface area (Å²) < 4.78 is 1.55. The molecule has 0 saturated heterocycles. The van der Waals surface area contributed by atoms with E-state index in [0.717, 1.165) is 16.6 Å². The molecule has 0 amide bonds. The van der Waals surface area contributed by atoms with E-state index in [4.69, 9.17) is 0 Å². The van der Waals surface area contributed by atoms with Gasteiger partial charge in [0.25, 0.3) is 0 Å². The molecule has 0 aliphatic rings. The van der Waals surface area contributed by atoms with E-state index in [1.54, 1.807) is 24.1 Å². The molecule has 0 radical (unpaired) electrons. The van der Waals surface area contributed by atoms with E-state index < -0.39 is 5.97 Å². The summed E-state index contributed by atoms with van der Waals surface area (Å²) >= 11 is 0. The Morgan fingerprint density at radius 2 is 2.33 bits per heavy atom. The number of nitrogens with one attached hydrogen (secondary N) is 1. The number of aromatic nitrogens is 4. The Morgan fingerprint density at radius 3 is 3.11 bits per heavy atom. The minimum Gasteiger partial charge on any atom is -0.478 e. The topological polar surface area (TPSA) is 83.8 Å². The lowest BCUT2D eigenvalue weighted by atomic mass is 10.1. The van der Waals surface area contributed by atoms with Gasteiger partial charge in [-0.05, 0) is 12.1 Å². The number of pyridine rings is 1. The van der Waals surface area contributed by atoms with Gasteiger partial charge in [0.1, 0.15) is 11.2 Å². The number of aromatic carboxylic acids is 1. The summed E-state index contributed by atoms with van der Waals surface area (Å²) in [5.74, 6) is -0.989. The lowest BCUT2D eigenvalue weighted by Gasteiger charge is -2.02. The summed E-state index contributed by atoms with van der Waals surface area (Å²) in [6, 6.07) is 3.71. The van der Waals surface area contributed by atoms with Crippen molar-refractivity contribution in [1.82, 2.24) is 19.7 Å². The Kier molecular flexibility index (Phi) is 2.16. The molecule has 0 unspecified atom stereocenters. The number of hydrogen-bond acceptors (Lipinski definition) is 3. The molecule has 3 aromatic heterocycles. The first kappa shape index (κ1) is 10.5. The number of hydrogen-bond donors (Lipinski definition) is 2. The smallest absolute Gasteiger partial charge is 0.339 e. The fraction of sp³-hybridized carbons (Fsp3) is 0.0833. The van der Waals surface area contributed by atoms with E-state index in [9.17, 15) is 9.90 Å². The predicted molar refractivity (Wildman–Crippen MR) is 65.3 cm³/mol. The van der Waals surface area contributed by atoms with Crippen LogP contribution in [0.5, 0.6) is 0 Å². The van der Waals surface area contributed by atoms with Crippen LogP contribution >= 0.6 is 0 Å². The number of aryl methyl sites for hydroxylation is 1. The van der Waals surface area contributed by atoms with Crippen LogP contribution in [-0.2, 0) is 7.05 Å². The third-order valence-corrected chi connectivity index (χ3v) is 2.88. The third kappa shape index (κ3) is 1.39. The normalized spacial score (nSPS) is 10.9. The number of carboxylic acid groups (broad SMARTS) is 1. The highest BCUT2D eigenvalue weighted by Crippen LogP contribution is 2.29. The van der Waals surface area contributed by atoms with Crippen LogP contribution in [0.2, 0.25) is 0 Å². The molecule has 0 spiro atoms. The lowest BCUT2D eigenvalue weighted by molar-refractivity contribution is 0.0697. The maximum Gasteiger partial charge on any atom is 0.339 e. The number of fused-ring (bicyclic) bond motifs is 1. The van der Waals surface area contributed by atoms with Crippen LogP contribution in [0.3, 0.4) is 0 Å². The highest BCUT2D eigenvalue weighted by molar-refractivity contribution is 6.01. The molecule has 6 nitrogen and oxygen atoms in total. The lowest BCUT2D eigenvalue weighted by Crippen LogP contribution is -2.00. The average Bonchev–Trinajstić information content (AvgIpc) is 2.92. The molecule has 0 saturated carbocycles. The predicted octanol–water partition coefficient (Wildman–Crippen LogP) is 1.66. The molecule has 3 heterocycles. The molecule has 90 valence electrons. The number of carbonyl (C=O) groups is 1. The van der Waals surface area contributed by atoms with Crippen molar-refractivity contribution in [3.8, 4) is 11.3 Å². The standard InChI is InChI=1S/C12H10N4O2/c1-16-10(9(6-15-16)12(17)18)8-5-14-11-7(8)3-2-4-13-11/h2-6H,1H3,(H,13,14)(H,17,18). The maximum absolute atomic E-state index is 11.2. The molecule has 18 heavy (non-hydrogen) atoms. The molecule has 6 heteroatoms. The van der Waals surface area contributed by atoms with Gasteiger partial charge >= 0.3 is 5.97 Å². The number of aromatic amines is 1. The van der Waals surface area contributed by atoms with Crippen LogP contribution in [0.15, 0.2) is 30.7 Å². The fourth-order valence-corrected chi connectivity index (χ4v) is 2.07. The van der Waals surface area contributed by atoms with E-state index in [2.05, 4.69) is 15.1 Å². The van der Waals surface area contributed by atoms with Gasteiger partial charge in [-0.15, -0.1) is 0 Å². The summed E-state index contributed by atoms with van der Waals surface area (Å²) in [5.41, 5.74) is 2.27. The van der Waals surface area contributed by atoms with Crippen molar-refractivity contribution in [2.45, 2.75) is 0 Å². The molecule has 3 aromatic rings. The van der Waals surface area contributed by atoms with Gasteiger partial charge in [0, 0.05) is 30.4 Å². The van der Waals surface area contributed by atoms with Crippen LogP contribution in [0.1, 0.15) is 10.4 Å². The van der Waals surface area contributed by atoms with Gasteiger partial charge in [-0.3, -0.25) is 4.68 Å². The highest BCUT2D eigenvalue weighted by atomic mass is 16.4. The van der Waals surface area contributed by atoms with E-state index in [-0.39, 0.29) is 5.56 Å². The van der Waals surface area contributed by atoms with E-state index in [1.807, 2.05) is 12.1 Å². The highest BCUT2D eigenvalue weighted by Gasteiger charge is 2.19. The van der Waals surface area contributed by atoms with Crippen LogP contribution < -0.4 is 0 Å². The van der Waals surface area contributed by atoms with Gasteiger partial charge in [0.15, 0.2) is 0 Å². The van der Waals surface area contributed by atoms with Crippen LogP contribution in [-0.4, -0.2) is 30.8 Å². The molecular weight excluding hydrogens is 232 g/mol. The molecule has 0 aromatic carbocycles. The molecule has 2 N–H and O–H groups in total. The second kappa shape index (κ2) is 3.69. The summed E-state index contributed by atoms with van der Waals surface area (Å²) in [6.45, 7) is 0. The van der Waals surface area contributed by atoms with Crippen LogP contribution in [0, 0.1) is 0 Å². The zero-order valence-electron chi connectivity index (χ0n) is 9.58. The van der Waals surface area contributed by atoms with Crippen molar-refractivity contribution >= 4 is 17.0 Å². The summed E-state index contributed by atoms with van der Waals surface area (Å²) in [7, 11) is 1.72. The monoisotopic (exact) mass is 242 g/mol. The first-order valence-electron chi connectivity index (χ1n) is 5.36. The van der Waals surface area contributed by atoms with Gasteiger partial charge in [-0.2, -0.15) is 5.10 Å². The number of nitrogens with zero attached hydrogens (tertiary/aromatic N) is 3. The first-order chi connectivity index (χ1) is 8.68. The molecule has 3 rings (SSSR count). The molecule has 0 aliphatic heterocycles. The van der Waals surface area contributed by atoms with Crippen molar-refractivity contribution in [2.24, 2.45) is 7.05 Å². The van der Waals surface area contributed by atoms with E-state index >= 15 is 0 Å². The number of carboxylic acids is 1. The second-order valence-electron chi connectivity index (χ2n) is 3.94. The minimum atomic E-state index is -0.989. The van der Waals surface area contributed by atoms with Gasteiger partial charge in [0.05, 0.1) is 11.9 Å². The molecule has 0 fully saturated rings. The summed E-state index contributed by atoms with van der Waals surface area (Å²) in [6.07, 6.45) is 4.79. The van der Waals surface area contributed by atoms with Crippen molar-refractivity contribution in [2.75, 3.05) is 0 Å². The minimum absolute atomic E-state index is 0.183. The SMILES string of the molecule is Cn1ncc(C(=O)O)c1-c1c[nH]c2ncccc12. The van der Waals surface area contributed by atoms with E-state index in [0.29, 0.717) is 5.69 Å². The largest absolute Gasteiger partial charge is 0.478 e. The summed E-state index contributed by atoms with van der Waals surface area (Å²) in [4.78, 5) is 18.4. The Hall–Kier alpha value is -2.63. The fourth-order valence-electron chi connectivity index (χ4n) is 2.07. The quantitative estimate of drug-likeness (QED) is 0.715. The van der Waals surface area contributed by atoms with Crippen molar-refractivity contribution < 1.29 is 9.90 Å². The zero-order chi connectivity index (χ0) is 12.7. The van der Waals surface area contributed by atoms with Gasteiger partial charge in [0.2, 0.25) is 0 Å². The van der Waals surface area contributed by atoms with Gasteiger partial charge in [-0.25, -0.2) is 9.78 Å². The Labute approximate surface area is 102 Å². The third-order valence-electron chi connectivity index (χ3n) is 2.88. The Bertz CT molecular complexity index is 741. The molecule has 0 atom stereocenters.